The Morgan fingerprint density at radius 3 is 2.59 bits per heavy atom. The zero-order chi connectivity index (χ0) is 19.3. The number of fused-ring (bicyclic) bond motifs is 1. The first-order valence-corrected chi connectivity index (χ1v) is 9.67. The van der Waals surface area contributed by atoms with Crippen LogP contribution in [0, 0.1) is 0 Å². The summed E-state index contributed by atoms with van der Waals surface area (Å²) in [5, 5.41) is 3.42. The number of hydrogen-bond acceptors (Lipinski definition) is 5. The molecule has 0 atom stereocenters. The normalized spacial score (nSPS) is 18.6. The van der Waals surface area contributed by atoms with Gasteiger partial charge in [-0.25, -0.2) is 0 Å². The molecule has 7 heteroatoms. The van der Waals surface area contributed by atoms with Gasteiger partial charge in [-0.2, -0.15) is 0 Å². The topological polar surface area (TPSA) is 58.6 Å². The fraction of sp³-hybridized carbons (Fsp3) is 0.650. The van der Waals surface area contributed by atoms with Gasteiger partial charge in [0.1, 0.15) is 0 Å². The highest BCUT2D eigenvalue weighted by Crippen LogP contribution is 2.32. The summed E-state index contributed by atoms with van der Waals surface area (Å²) in [5.74, 6) is 2.55. The van der Waals surface area contributed by atoms with Crippen molar-refractivity contribution in [2.75, 3.05) is 54.2 Å². The standard InChI is InChI=1S/C20H32N4O3/c1-5-21-19(22-14-20(23(2)3)8-10-25-11-9-20)24(4)13-16-6-7-17-18(12-16)27-15-26-17/h6-7,12H,5,8-11,13-15H2,1-4H3,(H,21,22). The molecule has 2 aliphatic rings. The summed E-state index contributed by atoms with van der Waals surface area (Å²) in [6, 6.07) is 6.09. The Hall–Kier alpha value is -1.99. The monoisotopic (exact) mass is 376 g/mol. The van der Waals surface area contributed by atoms with Gasteiger partial charge in [-0.1, -0.05) is 6.07 Å². The van der Waals surface area contributed by atoms with Crippen molar-refractivity contribution in [2.45, 2.75) is 31.8 Å². The lowest BCUT2D eigenvalue weighted by Gasteiger charge is -2.42. The maximum atomic E-state index is 5.57. The molecule has 27 heavy (non-hydrogen) atoms. The third kappa shape index (κ3) is 4.65. The van der Waals surface area contributed by atoms with Crippen molar-refractivity contribution >= 4 is 5.96 Å². The average molecular weight is 377 g/mol. The molecule has 7 nitrogen and oxygen atoms in total. The zero-order valence-corrected chi connectivity index (χ0v) is 17.0. The predicted octanol–water partition coefficient (Wildman–Crippen LogP) is 1.92. The Morgan fingerprint density at radius 2 is 1.89 bits per heavy atom. The molecule has 0 unspecified atom stereocenters. The lowest BCUT2D eigenvalue weighted by molar-refractivity contribution is -0.00262. The first-order chi connectivity index (χ1) is 13.0. The second kappa shape index (κ2) is 8.80. The summed E-state index contributed by atoms with van der Waals surface area (Å²) in [7, 11) is 6.35. The molecule has 150 valence electrons. The van der Waals surface area contributed by atoms with Crippen LogP contribution in [-0.2, 0) is 11.3 Å². The Bertz CT molecular complexity index is 657. The fourth-order valence-electron chi connectivity index (χ4n) is 3.58. The SMILES string of the molecule is CCNC(=NCC1(N(C)C)CCOCC1)N(C)Cc1ccc2c(c1)OCO2. The molecule has 1 aromatic carbocycles. The second-order valence-corrected chi connectivity index (χ2v) is 7.44. The van der Waals surface area contributed by atoms with E-state index in [4.69, 9.17) is 19.2 Å². The van der Waals surface area contributed by atoms with Crippen LogP contribution in [0.25, 0.3) is 0 Å². The number of nitrogens with zero attached hydrogens (tertiary/aromatic N) is 3. The van der Waals surface area contributed by atoms with Crippen LogP contribution in [0.2, 0.25) is 0 Å². The molecule has 0 aliphatic carbocycles. The minimum Gasteiger partial charge on any atom is -0.454 e. The Balaban J connectivity index is 1.70. The zero-order valence-electron chi connectivity index (χ0n) is 17.0. The summed E-state index contributed by atoms with van der Waals surface area (Å²) in [5.41, 5.74) is 1.24. The minimum atomic E-state index is 0.0680. The number of nitrogens with one attached hydrogen (secondary N) is 1. The van der Waals surface area contributed by atoms with Crippen molar-refractivity contribution < 1.29 is 14.2 Å². The van der Waals surface area contributed by atoms with E-state index in [9.17, 15) is 0 Å². The number of ether oxygens (including phenoxy) is 3. The lowest BCUT2D eigenvalue weighted by atomic mass is 9.89. The number of likely N-dealkylation sites (N-methyl/N-ethyl adjacent to an activating group) is 1. The van der Waals surface area contributed by atoms with Crippen molar-refractivity contribution in [1.82, 2.24) is 15.1 Å². The van der Waals surface area contributed by atoms with Crippen molar-refractivity contribution in [2.24, 2.45) is 4.99 Å². The molecule has 3 rings (SSSR count). The van der Waals surface area contributed by atoms with E-state index in [0.29, 0.717) is 6.79 Å². The number of benzene rings is 1. The summed E-state index contributed by atoms with van der Waals surface area (Å²) in [6.07, 6.45) is 2.02. The lowest BCUT2D eigenvalue weighted by Crippen LogP contribution is -2.51. The highest BCUT2D eigenvalue weighted by Gasteiger charge is 2.34. The molecule has 1 aromatic rings. The molecule has 0 spiro atoms. The van der Waals surface area contributed by atoms with Gasteiger partial charge in [0, 0.05) is 38.9 Å². The van der Waals surface area contributed by atoms with Gasteiger partial charge in [0.25, 0.3) is 0 Å². The van der Waals surface area contributed by atoms with Crippen molar-refractivity contribution in [3.63, 3.8) is 0 Å². The third-order valence-electron chi connectivity index (χ3n) is 5.45. The smallest absolute Gasteiger partial charge is 0.231 e. The van der Waals surface area contributed by atoms with E-state index in [1.165, 1.54) is 5.56 Å². The Kier molecular flexibility index (Phi) is 6.44. The van der Waals surface area contributed by atoms with E-state index in [1.54, 1.807) is 0 Å². The summed E-state index contributed by atoms with van der Waals surface area (Å²) < 4.78 is 16.5. The van der Waals surface area contributed by atoms with Gasteiger partial charge in [-0.3, -0.25) is 4.99 Å². The van der Waals surface area contributed by atoms with Crippen molar-refractivity contribution in [3.8, 4) is 11.5 Å². The second-order valence-electron chi connectivity index (χ2n) is 7.44. The Labute approximate surface area is 162 Å². The van der Waals surface area contributed by atoms with E-state index in [2.05, 4.69) is 49.2 Å². The predicted molar refractivity (Wildman–Crippen MR) is 106 cm³/mol. The summed E-state index contributed by atoms with van der Waals surface area (Å²) in [4.78, 5) is 9.44. The van der Waals surface area contributed by atoms with E-state index in [0.717, 1.165) is 63.1 Å². The molecule has 0 bridgehead atoms. The molecule has 0 amide bonds. The molecule has 1 N–H and O–H groups in total. The van der Waals surface area contributed by atoms with Gasteiger partial charge >= 0.3 is 0 Å². The molecular formula is C20H32N4O3. The first-order valence-electron chi connectivity index (χ1n) is 9.67. The summed E-state index contributed by atoms with van der Waals surface area (Å²) in [6.45, 7) is 6.35. The molecule has 2 heterocycles. The number of guanidine groups is 1. The van der Waals surface area contributed by atoms with Crippen molar-refractivity contribution in [1.29, 1.82) is 0 Å². The quantitative estimate of drug-likeness (QED) is 0.605. The van der Waals surface area contributed by atoms with Crippen LogP contribution in [0.1, 0.15) is 25.3 Å². The number of aliphatic imine (C=N–C) groups is 1. The van der Waals surface area contributed by atoms with Crippen LogP contribution in [0.5, 0.6) is 11.5 Å². The molecule has 0 radical (unpaired) electrons. The molecule has 0 aromatic heterocycles. The van der Waals surface area contributed by atoms with Crippen LogP contribution in [-0.4, -0.2) is 75.5 Å². The van der Waals surface area contributed by atoms with Gasteiger partial charge in [0.2, 0.25) is 6.79 Å². The molecule has 2 aliphatic heterocycles. The van der Waals surface area contributed by atoms with Gasteiger partial charge < -0.3 is 29.3 Å². The van der Waals surface area contributed by atoms with Gasteiger partial charge in [0.15, 0.2) is 17.5 Å². The van der Waals surface area contributed by atoms with Crippen LogP contribution in [0.15, 0.2) is 23.2 Å². The van der Waals surface area contributed by atoms with Crippen LogP contribution in [0.4, 0.5) is 0 Å². The maximum Gasteiger partial charge on any atom is 0.231 e. The maximum absolute atomic E-state index is 5.57. The van der Waals surface area contributed by atoms with Crippen molar-refractivity contribution in [3.05, 3.63) is 23.8 Å². The van der Waals surface area contributed by atoms with Crippen LogP contribution < -0.4 is 14.8 Å². The first kappa shape index (κ1) is 19.8. The van der Waals surface area contributed by atoms with E-state index in [1.807, 2.05) is 12.1 Å². The van der Waals surface area contributed by atoms with E-state index >= 15 is 0 Å². The highest BCUT2D eigenvalue weighted by molar-refractivity contribution is 5.79. The minimum absolute atomic E-state index is 0.0680. The number of rotatable bonds is 6. The molecule has 1 saturated heterocycles. The Morgan fingerprint density at radius 1 is 1.15 bits per heavy atom. The molecule has 1 fully saturated rings. The van der Waals surface area contributed by atoms with Gasteiger partial charge in [0.05, 0.1) is 6.54 Å². The fourth-order valence-corrected chi connectivity index (χ4v) is 3.58. The highest BCUT2D eigenvalue weighted by atomic mass is 16.7. The molecule has 0 saturated carbocycles. The van der Waals surface area contributed by atoms with Crippen LogP contribution >= 0.6 is 0 Å². The van der Waals surface area contributed by atoms with E-state index in [-0.39, 0.29) is 5.54 Å². The number of hydrogen-bond donors (Lipinski definition) is 1. The third-order valence-corrected chi connectivity index (χ3v) is 5.45. The van der Waals surface area contributed by atoms with Gasteiger partial charge in [-0.15, -0.1) is 0 Å². The average Bonchev–Trinajstić information content (AvgIpc) is 3.13. The van der Waals surface area contributed by atoms with E-state index < -0.39 is 0 Å². The molecular weight excluding hydrogens is 344 g/mol. The van der Waals surface area contributed by atoms with Crippen LogP contribution in [0.3, 0.4) is 0 Å². The summed E-state index contributed by atoms with van der Waals surface area (Å²) >= 11 is 0. The largest absolute Gasteiger partial charge is 0.454 e. The van der Waals surface area contributed by atoms with Gasteiger partial charge in [-0.05, 0) is 51.6 Å².